The van der Waals surface area contributed by atoms with Gasteiger partial charge in [-0.1, -0.05) is 12.1 Å². The first-order valence-electron chi connectivity index (χ1n) is 7.82. The number of carbonyl (C=O) groups excluding carboxylic acids is 2. The molecule has 0 fully saturated rings. The summed E-state index contributed by atoms with van der Waals surface area (Å²) in [6.45, 7) is 0.0473. The number of benzene rings is 2. The molecule has 1 aliphatic rings. The third-order valence-corrected chi connectivity index (χ3v) is 3.71. The van der Waals surface area contributed by atoms with Crippen LogP contribution in [0.25, 0.3) is 0 Å². The molecule has 0 radical (unpaired) electrons. The zero-order chi connectivity index (χ0) is 18.5. The van der Waals surface area contributed by atoms with Gasteiger partial charge in [-0.3, -0.25) is 20.4 Å². The Morgan fingerprint density at radius 3 is 2.31 bits per heavy atom. The number of carbonyl (C=O) groups is 2. The number of hydrogen-bond acceptors (Lipinski definition) is 6. The Hall–Kier alpha value is -3.42. The van der Waals surface area contributed by atoms with Gasteiger partial charge in [-0.15, -0.1) is 0 Å². The lowest BCUT2D eigenvalue weighted by atomic mass is 10.2. The van der Waals surface area contributed by atoms with Crippen molar-refractivity contribution in [2.75, 3.05) is 20.8 Å². The van der Waals surface area contributed by atoms with Crippen LogP contribution in [-0.2, 0) is 4.79 Å². The van der Waals surface area contributed by atoms with Gasteiger partial charge in [0.1, 0.15) is 18.1 Å². The normalized spacial score (nSPS) is 14.9. The summed E-state index contributed by atoms with van der Waals surface area (Å²) >= 11 is 0. The van der Waals surface area contributed by atoms with Gasteiger partial charge in [0.2, 0.25) is 6.10 Å². The summed E-state index contributed by atoms with van der Waals surface area (Å²) in [6.07, 6.45) is -0.870. The Morgan fingerprint density at radius 2 is 1.65 bits per heavy atom. The van der Waals surface area contributed by atoms with Gasteiger partial charge in [-0.25, -0.2) is 0 Å². The largest absolute Gasteiger partial charge is 0.497 e. The van der Waals surface area contributed by atoms with Crippen LogP contribution in [0, 0.1) is 0 Å². The number of para-hydroxylation sites is 2. The molecule has 8 heteroatoms. The summed E-state index contributed by atoms with van der Waals surface area (Å²) in [7, 11) is 2.97. The summed E-state index contributed by atoms with van der Waals surface area (Å²) < 4.78 is 21.3. The van der Waals surface area contributed by atoms with Crippen LogP contribution in [0.1, 0.15) is 10.4 Å². The molecule has 2 N–H and O–H groups in total. The van der Waals surface area contributed by atoms with E-state index in [1.54, 1.807) is 24.3 Å². The van der Waals surface area contributed by atoms with Crippen LogP contribution in [0.3, 0.4) is 0 Å². The van der Waals surface area contributed by atoms with Gasteiger partial charge in [-0.2, -0.15) is 0 Å². The van der Waals surface area contributed by atoms with E-state index in [2.05, 4.69) is 10.9 Å². The van der Waals surface area contributed by atoms with Crippen molar-refractivity contribution in [3.05, 3.63) is 48.0 Å². The van der Waals surface area contributed by atoms with Crippen molar-refractivity contribution >= 4 is 11.8 Å². The minimum Gasteiger partial charge on any atom is -0.497 e. The molecule has 0 saturated carbocycles. The van der Waals surface area contributed by atoms with E-state index in [0.717, 1.165) is 0 Å². The highest BCUT2D eigenvalue weighted by Crippen LogP contribution is 2.30. The number of hydrogen-bond donors (Lipinski definition) is 2. The van der Waals surface area contributed by atoms with Crippen molar-refractivity contribution in [1.82, 2.24) is 10.9 Å². The molecule has 2 amide bonds. The summed E-state index contributed by atoms with van der Waals surface area (Å²) in [5.74, 6) is 0.921. The zero-order valence-corrected chi connectivity index (χ0v) is 14.3. The highest BCUT2D eigenvalue weighted by molar-refractivity contribution is 5.96. The van der Waals surface area contributed by atoms with E-state index >= 15 is 0 Å². The van der Waals surface area contributed by atoms with E-state index in [1.165, 1.54) is 26.4 Å². The van der Waals surface area contributed by atoms with Crippen molar-refractivity contribution in [2.45, 2.75) is 6.10 Å². The van der Waals surface area contributed by atoms with Gasteiger partial charge in [0, 0.05) is 11.6 Å². The van der Waals surface area contributed by atoms with Crippen molar-refractivity contribution in [3.63, 3.8) is 0 Å². The third kappa shape index (κ3) is 3.80. The van der Waals surface area contributed by atoms with Crippen molar-refractivity contribution in [3.8, 4) is 23.0 Å². The molecule has 1 aliphatic heterocycles. The Balaban J connectivity index is 1.60. The van der Waals surface area contributed by atoms with Gasteiger partial charge >= 0.3 is 0 Å². The first-order valence-corrected chi connectivity index (χ1v) is 7.82. The average molecular weight is 358 g/mol. The lowest BCUT2D eigenvalue weighted by molar-refractivity contribution is -0.131. The zero-order valence-electron chi connectivity index (χ0n) is 14.3. The van der Waals surface area contributed by atoms with E-state index in [1.807, 2.05) is 6.07 Å². The summed E-state index contributed by atoms with van der Waals surface area (Å²) in [4.78, 5) is 24.5. The number of methoxy groups -OCH3 is 2. The number of nitrogens with one attached hydrogen (secondary N) is 2. The quantitative estimate of drug-likeness (QED) is 0.800. The lowest BCUT2D eigenvalue weighted by Crippen LogP contribution is -2.50. The molecular formula is C18H18N2O6. The average Bonchev–Trinajstić information content (AvgIpc) is 2.70. The molecule has 0 aliphatic carbocycles. The molecule has 26 heavy (non-hydrogen) atoms. The number of rotatable bonds is 4. The number of amides is 2. The van der Waals surface area contributed by atoms with Gasteiger partial charge in [0.05, 0.1) is 14.2 Å². The fourth-order valence-electron chi connectivity index (χ4n) is 2.36. The fourth-order valence-corrected chi connectivity index (χ4v) is 2.36. The topological polar surface area (TPSA) is 95.1 Å². The Bertz CT molecular complexity index is 801. The number of hydrazine groups is 1. The summed E-state index contributed by atoms with van der Waals surface area (Å²) in [5, 5.41) is 0. The van der Waals surface area contributed by atoms with E-state index in [0.29, 0.717) is 23.0 Å². The molecule has 0 aromatic heterocycles. The van der Waals surface area contributed by atoms with E-state index in [4.69, 9.17) is 18.9 Å². The standard InChI is InChI=1S/C18H18N2O6/c1-23-12-7-11(8-13(9-12)24-2)17(21)19-20-18(22)16-10-25-14-5-3-4-6-15(14)26-16/h3-9,16H,10H2,1-2H3,(H,19,21)(H,20,22)/t16-/m1/s1. The molecule has 1 heterocycles. The van der Waals surface area contributed by atoms with Gasteiger partial charge in [0.15, 0.2) is 11.5 Å². The molecule has 0 saturated heterocycles. The Morgan fingerprint density at radius 1 is 1.00 bits per heavy atom. The molecule has 0 bridgehead atoms. The first-order chi connectivity index (χ1) is 12.6. The SMILES string of the molecule is COc1cc(OC)cc(C(=O)NNC(=O)[C@H]2COc3ccccc3O2)c1. The fraction of sp³-hybridized carbons (Fsp3) is 0.222. The van der Waals surface area contributed by atoms with Crippen molar-refractivity contribution in [2.24, 2.45) is 0 Å². The smallest absolute Gasteiger partial charge is 0.283 e. The van der Waals surface area contributed by atoms with E-state index in [-0.39, 0.29) is 12.2 Å². The van der Waals surface area contributed by atoms with Crippen LogP contribution in [0.4, 0.5) is 0 Å². The molecule has 2 aromatic carbocycles. The Labute approximate surface area is 150 Å². The van der Waals surface area contributed by atoms with Crippen molar-refractivity contribution < 1.29 is 28.5 Å². The van der Waals surface area contributed by atoms with Crippen LogP contribution >= 0.6 is 0 Å². The Kier molecular flexibility index (Phi) is 5.12. The maximum absolute atomic E-state index is 12.3. The second-order valence-corrected chi connectivity index (χ2v) is 5.41. The highest BCUT2D eigenvalue weighted by Gasteiger charge is 2.27. The molecule has 0 spiro atoms. The van der Waals surface area contributed by atoms with Gasteiger partial charge in [0.25, 0.3) is 11.8 Å². The van der Waals surface area contributed by atoms with Crippen LogP contribution in [-0.4, -0.2) is 38.7 Å². The third-order valence-electron chi connectivity index (χ3n) is 3.71. The van der Waals surface area contributed by atoms with Crippen LogP contribution in [0.2, 0.25) is 0 Å². The molecular weight excluding hydrogens is 340 g/mol. The van der Waals surface area contributed by atoms with E-state index < -0.39 is 17.9 Å². The second kappa shape index (κ2) is 7.64. The lowest BCUT2D eigenvalue weighted by Gasteiger charge is -2.25. The van der Waals surface area contributed by atoms with Crippen LogP contribution in [0.15, 0.2) is 42.5 Å². The minimum atomic E-state index is -0.870. The van der Waals surface area contributed by atoms with Crippen molar-refractivity contribution in [1.29, 1.82) is 0 Å². The molecule has 3 rings (SSSR count). The van der Waals surface area contributed by atoms with E-state index in [9.17, 15) is 9.59 Å². The first kappa shape index (κ1) is 17.4. The molecule has 0 unspecified atom stereocenters. The molecule has 8 nitrogen and oxygen atoms in total. The van der Waals surface area contributed by atoms with Gasteiger partial charge in [-0.05, 0) is 24.3 Å². The minimum absolute atomic E-state index is 0.0473. The predicted octanol–water partition coefficient (Wildman–Crippen LogP) is 1.30. The summed E-state index contributed by atoms with van der Waals surface area (Å²) in [6, 6.07) is 11.7. The second-order valence-electron chi connectivity index (χ2n) is 5.41. The maximum Gasteiger partial charge on any atom is 0.283 e. The number of ether oxygens (including phenoxy) is 4. The monoisotopic (exact) mass is 358 g/mol. The molecule has 136 valence electrons. The number of fused-ring (bicyclic) bond motifs is 1. The maximum atomic E-state index is 12.3. The van der Waals surface area contributed by atoms with Gasteiger partial charge < -0.3 is 18.9 Å². The predicted molar refractivity (Wildman–Crippen MR) is 91.5 cm³/mol. The molecule has 2 aromatic rings. The highest BCUT2D eigenvalue weighted by atomic mass is 16.6. The molecule has 1 atom stereocenters. The van der Waals surface area contributed by atoms with Crippen LogP contribution < -0.4 is 29.8 Å². The summed E-state index contributed by atoms with van der Waals surface area (Å²) in [5.41, 5.74) is 4.94. The van der Waals surface area contributed by atoms with Crippen LogP contribution in [0.5, 0.6) is 23.0 Å².